The molecule has 4 nitrogen and oxygen atoms in total. The summed E-state index contributed by atoms with van der Waals surface area (Å²) in [6.07, 6.45) is 2.72. The molecule has 0 radical (unpaired) electrons. The summed E-state index contributed by atoms with van der Waals surface area (Å²) >= 11 is 0. The molecule has 0 aliphatic rings. The van der Waals surface area contributed by atoms with Gasteiger partial charge in [-0.1, -0.05) is 0 Å². The number of amides is 1. The summed E-state index contributed by atoms with van der Waals surface area (Å²) in [4.78, 5) is 15.8. The van der Waals surface area contributed by atoms with Crippen LogP contribution in [0.4, 0.5) is 0 Å². The largest absolute Gasteiger partial charge is 0.379 e. The van der Waals surface area contributed by atoms with E-state index in [2.05, 4.69) is 10.3 Å². The summed E-state index contributed by atoms with van der Waals surface area (Å²) in [5.74, 6) is -0.0555. The third kappa shape index (κ3) is 5.45. The Hall–Kier alpha value is -1.42. The second kappa shape index (κ2) is 7.01. The van der Waals surface area contributed by atoms with Crippen molar-refractivity contribution in [3.05, 3.63) is 29.6 Å². The zero-order valence-electron chi connectivity index (χ0n) is 10.7. The lowest BCUT2D eigenvalue weighted by molar-refractivity contribution is 0.0757. The van der Waals surface area contributed by atoms with Gasteiger partial charge in [-0.2, -0.15) is 0 Å². The van der Waals surface area contributed by atoms with E-state index in [0.717, 1.165) is 12.1 Å². The van der Waals surface area contributed by atoms with Gasteiger partial charge in [0.15, 0.2) is 0 Å². The summed E-state index contributed by atoms with van der Waals surface area (Å²) in [5, 5.41) is 2.85. The van der Waals surface area contributed by atoms with Crippen molar-refractivity contribution in [2.24, 2.45) is 0 Å². The Labute approximate surface area is 102 Å². The predicted molar refractivity (Wildman–Crippen MR) is 67.0 cm³/mol. The molecule has 0 spiro atoms. The molecule has 1 aromatic rings. The molecular weight excluding hydrogens is 216 g/mol. The SMILES string of the molecule is Cc1cc(C(=O)NCCCOC(C)C)ccn1. The van der Waals surface area contributed by atoms with E-state index in [1.54, 1.807) is 18.3 Å². The fraction of sp³-hybridized carbons (Fsp3) is 0.538. The summed E-state index contributed by atoms with van der Waals surface area (Å²) in [6.45, 7) is 7.17. The van der Waals surface area contributed by atoms with Crippen molar-refractivity contribution < 1.29 is 9.53 Å². The van der Waals surface area contributed by atoms with Crippen LogP contribution in [0.15, 0.2) is 18.3 Å². The number of aromatic nitrogens is 1. The van der Waals surface area contributed by atoms with Crippen molar-refractivity contribution in [1.82, 2.24) is 10.3 Å². The maximum atomic E-state index is 11.7. The number of rotatable bonds is 6. The monoisotopic (exact) mass is 236 g/mol. The molecule has 1 rings (SSSR count). The van der Waals surface area contributed by atoms with Crippen LogP contribution in [0, 0.1) is 6.92 Å². The first-order valence-electron chi connectivity index (χ1n) is 5.92. The summed E-state index contributed by atoms with van der Waals surface area (Å²) < 4.78 is 5.39. The molecule has 0 unspecified atom stereocenters. The third-order valence-corrected chi connectivity index (χ3v) is 2.22. The predicted octanol–water partition coefficient (Wildman–Crippen LogP) is 1.93. The number of ether oxygens (including phenoxy) is 1. The van der Waals surface area contributed by atoms with E-state index in [1.165, 1.54) is 0 Å². The minimum absolute atomic E-state index is 0.0555. The van der Waals surface area contributed by atoms with Gasteiger partial charge < -0.3 is 10.1 Å². The Morgan fingerprint density at radius 1 is 1.53 bits per heavy atom. The molecule has 0 saturated carbocycles. The standard InChI is InChI=1S/C13H20N2O2/c1-10(2)17-8-4-6-15-13(16)12-5-7-14-11(3)9-12/h5,7,9-10H,4,6,8H2,1-3H3,(H,15,16). The molecule has 1 N–H and O–H groups in total. The number of nitrogens with one attached hydrogen (secondary N) is 1. The van der Waals surface area contributed by atoms with Crippen LogP contribution in [0.2, 0.25) is 0 Å². The Morgan fingerprint density at radius 2 is 2.29 bits per heavy atom. The fourth-order valence-electron chi connectivity index (χ4n) is 1.38. The maximum Gasteiger partial charge on any atom is 0.251 e. The summed E-state index contributed by atoms with van der Waals surface area (Å²) in [7, 11) is 0. The van der Waals surface area contributed by atoms with Gasteiger partial charge in [-0.15, -0.1) is 0 Å². The molecule has 0 fully saturated rings. The molecule has 0 aliphatic heterocycles. The van der Waals surface area contributed by atoms with E-state index in [-0.39, 0.29) is 12.0 Å². The van der Waals surface area contributed by atoms with Crippen LogP contribution in [0.1, 0.15) is 36.3 Å². The molecular formula is C13H20N2O2. The Bertz CT molecular complexity index is 364. The fourth-order valence-corrected chi connectivity index (χ4v) is 1.38. The number of carbonyl (C=O) groups is 1. The van der Waals surface area contributed by atoms with E-state index in [4.69, 9.17) is 4.74 Å². The van der Waals surface area contributed by atoms with Crippen LogP contribution in [0.5, 0.6) is 0 Å². The molecule has 94 valence electrons. The smallest absolute Gasteiger partial charge is 0.251 e. The molecule has 0 aliphatic carbocycles. The van der Waals surface area contributed by atoms with Gasteiger partial charge in [0, 0.05) is 30.6 Å². The minimum atomic E-state index is -0.0555. The topological polar surface area (TPSA) is 51.2 Å². The second-order valence-corrected chi connectivity index (χ2v) is 4.21. The summed E-state index contributed by atoms with van der Waals surface area (Å²) in [5.41, 5.74) is 1.50. The Morgan fingerprint density at radius 3 is 2.94 bits per heavy atom. The first-order chi connectivity index (χ1) is 8.09. The van der Waals surface area contributed by atoms with Gasteiger partial charge in [0.25, 0.3) is 5.91 Å². The number of aryl methyl sites for hydroxylation is 1. The Balaban J connectivity index is 2.26. The number of hydrogen-bond donors (Lipinski definition) is 1. The van der Waals surface area contributed by atoms with Gasteiger partial charge in [0.05, 0.1) is 6.10 Å². The van der Waals surface area contributed by atoms with Crippen molar-refractivity contribution in [3.63, 3.8) is 0 Å². The molecule has 17 heavy (non-hydrogen) atoms. The van der Waals surface area contributed by atoms with Crippen LogP contribution >= 0.6 is 0 Å². The van der Waals surface area contributed by atoms with Crippen molar-refractivity contribution in [3.8, 4) is 0 Å². The van der Waals surface area contributed by atoms with E-state index in [9.17, 15) is 4.79 Å². The molecule has 4 heteroatoms. The number of nitrogens with zero attached hydrogens (tertiary/aromatic N) is 1. The van der Waals surface area contributed by atoms with Gasteiger partial charge in [-0.25, -0.2) is 0 Å². The van der Waals surface area contributed by atoms with Crippen molar-refractivity contribution in [2.75, 3.05) is 13.2 Å². The van der Waals surface area contributed by atoms with Gasteiger partial charge in [-0.3, -0.25) is 9.78 Å². The highest BCUT2D eigenvalue weighted by Gasteiger charge is 2.04. The number of carbonyl (C=O) groups excluding carboxylic acids is 1. The van der Waals surface area contributed by atoms with Crippen molar-refractivity contribution in [1.29, 1.82) is 0 Å². The summed E-state index contributed by atoms with van der Waals surface area (Å²) in [6, 6.07) is 3.49. The first-order valence-corrected chi connectivity index (χ1v) is 5.92. The number of hydrogen-bond acceptors (Lipinski definition) is 3. The van der Waals surface area contributed by atoms with E-state index in [1.807, 2.05) is 20.8 Å². The quantitative estimate of drug-likeness (QED) is 0.768. The van der Waals surface area contributed by atoms with Crippen LogP contribution < -0.4 is 5.32 Å². The highest BCUT2D eigenvalue weighted by molar-refractivity contribution is 5.94. The van der Waals surface area contributed by atoms with Crippen LogP contribution in [0.3, 0.4) is 0 Å². The lowest BCUT2D eigenvalue weighted by Crippen LogP contribution is -2.25. The van der Waals surface area contributed by atoms with E-state index < -0.39 is 0 Å². The average molecular weight is 236 g/mol. The highest BCUT2D eigenvalue weighted by Crippen LogP contribution is 2.00. The van der Waals surface area contributed by atoms with Crippen LogP contribution in [-0.4, -0.2) is 30.1 Å². The van der Waals surface area contributed by atoms with Crippen molar-refractivity contribution >= 4 is 5.91 Å². The van der Waals surface area contributed by atoms with Crippen LogP contribution in [0.25, 0.3) is 0 Å². The molecule has 1 heterocycles. The maximum absolute atomic E-state index is 11.7. The average Bonchev–Trinajstić information content (AvgIpc) is 2.28. The second-order valence-electron chi connectivity index (χ2n) is 4.21. The van der Waals surface area contributed by atoms with Crippen molar-refractivity contribution in [2.45, 2.75) is 33.3 Å². The Kier molecular flexibility index (Phi) is 5.63. The number of pyridine rings is 1. The first kappa shape index (κ1) is 13.6. The molecule has 1 aromatic heterocycles. The third-order valence-electron chi connectivity index (χ3n) is 2.22. The van der Waals surface area contributed by atoms with Crippen LogP contribution in [-0.2, 0) is 4.74 Å². The molecule has 0 atom stereocenters. The zero-order valence-corrected chi connectivity index (χ0v) is 10.7. The van der Waals surface area contributed by atoms with E-state index in [0.29, 0.717) is 18.7 Å². The highest BCUT2D eigenvalue weighted by atomic mass is 16.5. The molecule has 0 saturated heterocycles. The van der Waals surface area contributed by atoms with Gasteiger partial charge in [-0.05, 0) is 39.3 Å². The van der Waals surface area contributed by atoms with Gasteiger partial charge in [0.2, 0.25) is 0 Å². The molecule has 0 bridgehead atoms. The zero-order chi connectivity index (χ0) is 12.7. The lowest BCUT2D eigenvalue weighted by atomic mass is 10.2. The molecule has 0 aromatic carbocycles. The molecule has 1 amide bonds. The minimum Gasteiger partial charge on any atom is -0.379 e. The normalized spacial score (nSPS) is 10.6. The van der Waals surface area contributed by atoms with Gasteiger partial charge >= 0.3 is 0 Å². The van der Waals surface area contributed by atoms with E-state index >= 15 is 0 Å². The lowest BCUT2D eigenvalue weighted by Gasteiger charge is -2.08. The van der Waals surface area contributed by atoms with Gasteiger partial charge in [0.1, 0.15) is 0 Å².